The van der Waals surface area contributed by atoms with Gasteiger partial charge in [0.05, 0.1) is 4.92 Å². The van der Waals surface area contributed by atoms with Gasteiger partial charge in [0.25, 0.3) is 5.69 Å². The third-order valence-electron chi connectivity index (χ3n) is 2.90. The van der Waals surface area contributed by atoms with E-state index in [2.05, 4.69) is 10.3 Å². The molecular weight excluding hydrogens is 242 g/mol. The lowest BCUT2D eigenvalue weighted by molar-refractivity contribution is -0.384. The van der Waals surface area contributed by atoms with Gasteiger partial charge in [-0.05, 0) is 37.1 Å². The molecule has 0 aliphatic heterocycles. The monoisotopic (exact) mass is 257 g/mol. The van der Waals surface area contributed by atoms with Gasteiger partial charge >= 0.3 is 0 Å². The normalized spacial score (nSPS) is 10.2. The van der Waals surface area contributed by atoms with E-state index in [1.807, 2.05) is 18.2 Å². The number of nitrogens with one attached hydrogen (secondary N) is 1. The summed E-state index contributed by atoms with van der Waals surface area (Å²) in [6.45, 7) is 2.39. The number of anilines is 1. The molecule has 1 aromatic carbocycles. The molecule has 5 heteroatoms. The van der Waals surface area contributed by atoms with Gasteiger partial charge in [-0.3, -0.25) is 15.1 Å². The van der Waals surface area contributed by atoms with Crippen LogP contribution in [0.25, 0.3) is 0 Å². The summed E-state index contributed by atoms with van der Waals surface area (Å²) in [5.74, 6) is 0. The first-order valence-corrected chi connectivity index (χ1v) is 6.05. The highest BCUT2D eigenvalue weighted by Crippen LogP contribution is 2.27. The Morgan fingerprint density at radius 3 is 2.68 bits per heavy atom. The van der Waals surface area contributed by atoms with Crippen LogP contribution < -0.4 is 5.32 Å². The number of nitrogens with zero attached hydrogens (tertiary/aromatic N) is 2. The van der Waals surface area contributed by atoms with Crippen molar-refractivity contribution in [3.63, 3.8) is 0 Å². The van der Waals surface area contributed by atoms with Crippen molar-refractivity contribution >= 4 is 11.4 Å². The maximum Gasteiger partial charge on any atom is 0.295 e. The maximum absolute atomic E-state index is 11.0. The number of nitro groups is 1. The summed E-state index contributed by atoms with van der Waals surface area (Å²) in [6, 6.07) is 9.17. The minimum atomic E-state index is -0.343. The Bertz CT molecular complexity index is 570. The Hall–Kier alpha value is -2.43. The third-order valence-corrected chi connectivity index (χ3v) is 2.90. The van der Waals surface area contributed by atoms with Crippen LogP contribution in [0.3, 0.4) is 0 Å². The van der Waals surface area contributed by atoms with Crippen molar-refractivity contribution in [2.45, 2.75) is 13.3 Å². The van der Waals surface area contributed by atoms with Crippen LogP contribution in [-0.4, -0.2) is 16.5 Å². The van der Waals surface area contributed by atoms with Gasteiger partial charge in [-0.15, -0.1) is 0 Å². The van der Waals surface area contributed by atoms with Crippen LogP contribution in [0.1, 0.15) is 11.1 Å². The summed E-state index contributed by atoms with van der Waals surface area (Å²) in [4.78, 5) is 14.6. The van der Waals surface area contributed by atoms with Crippen LogP contribution in [0.15, 0.2) is 42.7 Å². The smallest absolute Gasteiger partial charge is 0.295 e. The quantitative estimate of drug-likeness (QED) is 0.660. The molecule has 1 aromatic heterocycles. The SMILES string of the molecule is Cc1cccc(NCCc2ccncc2)c1[N+](=O)[O-]. The largest absolute Gasteiger partial charge is 0.379 e. The van der Waals surface area contributed by atoms with Gasteiger partial charge in [-0.25, -0.2) is 0 Å². The molecule has 0 unspecified atom stereocenters. The van der Waals surface area contributed by atoms with Crippen LogP contribution in [0.4, 0.5) is 11.4 Å². The summed E-state index contributed by atoms with van der Waals surface area (Å²) >= 11 is 0. The Kier molecular flexibility index (Phi) is 4.07. The summed E-state index contributed by atoms with van der Waals surface area (Å²) in [6.07, 6.45) is 4.28. The molecule has 0 aliphatic carbocycles. The highest BCUT2D eigenvalue weighted by Gasteiger charge is 2.15. The molecule has 0 bridgehead atoms. The molecule has 1 N–H and O–H groups in total. The van der Waals surface area contributed by atoms with Crippen molar-refractivity contribution < 1.29 is 4.92 Å². The first kappa shape index (κ1) is 13.0. The molecule has 0 aliphatic rings. The number of aryl methyl sites for hydroxylation is 1. The molecule has 0 saturated heterocycles. The van der Waals surface area contributed by atoms with Gasteiger partial charge in [-0.1, -0.05) is 12.1 Å². The lowest BCUT2D eigenvalue weighted by Crippen LogP contribution is -2.07. The van der Waals surface area contributed by atoms with E-state index in [-0.39, 0.29) is 10.6 Å². The Balaban J connectivity index is 2.04. The molecule has 0 saturated carbocycles. The lowest BCUT2D eigenvalue weighted by atomic mass is 10.1. The minimum Gasteiger partial charge on any atom is -0.379 e. The third kappa shape index (κ3) is 3.28. The summed E-state index contributed by atoms with van der Waals surface area (Å²) < 4.78 is 0. The average Bonchev–Trinajstić information content (AvgIpc) is 2.39. The molecule has 5 nitrogen and oxygen atoms in total. The highest BCUT2D eigenvalue weighted by atomic mass is 16.6. The Labute approximate surface area is 111 Å². The number of para-hydroxylation sites is 1. The molecule has 2 rings (SSSR count). The zero-order valence-electron chi connectivity index (χ0n) is 10.7. The number of pyridine rings is 1. The van der Waals surface area contributed by atoms with Crippen molar-refractivity contribution in [1.82, 2.24) is 4.98 Å². The van der Waals surface area contributed by atoms with Gasteiger partial charge in [0.1, 0.15) is 5.69 Å². The second kappa shape index (κ2) is 5.95. The van der Waals surface area contributed by atoms with Crippen LogP contribution in [-0.2, 0) is 6.42 Å². The van der Waals surface area contributed by atoms with Gasteiger partial charge in [0, 0.05) is 24.5 Å². The fourth-order valence-corrected chi connectivity index (χ4v) is 1.93. The van der Waals surface area contributed by atoms with Crippen LogP contribution in [0.2, 0.25) is 0 Å². The van der Waals surface area contributed by atoms with E-state index in [0.29, 0.717) is 17.8 Å². The van der Waals surface area contributed by atoms with E-state index in [4.69, 9.17) is 0 Å². The van der Waals surface area contributed by atoms with E-state index in [1.165, 1.54) is 0 Å². The Morgan fingerprint density at radius 2 is 2.00 bits per heavy atom. The van der Waals surface area contributed by atoms with Crippen molar-refractivity contribution in [1.29, 1.82) is 0 Å². The number of hydrogen-bond donors (Lipinski definition) is 1. The van der Waals surface area contributed by atoms with Gasteiger partial charge in [0.15, 0.2) is 0 Å². The molecule has 0 amide bonds. The van der Waals surface area contributed by atoms with E-state index >= 15 is 0 Å². The molecule has 2 aromatic rings. The van der Waals surface area contributed by atoms with Crippen LogP contribution >= 0.6 is 0 Å². The molecule has 98 valence electrons. The number of benzene rings is 1. The van der Waals surface area contributed by atoms with Crippen molar-refractivity contribution in [2.24, 2.45) is 0 Å². The summed E-state index contributed by atoms with van der Waals surface area (Å²) in [5, 5.41) is 14.2. The first-order chi connectivity index (χ1) is 9.18. The lowest BCUT2D eigenvalue weighted by Gasteiger charge is -2.08. The summed E-state index contributed by atoms with van der Waals surface area (Å²) in [5.41, 5.74) is 2.54. The topological polar surface area (TPSA) is 68.1 Å². The number of rotatable bonds is 5. The van der Waals surface area contributed by atoms with Gasteiger partial charge in [-0.2, -0.15) is 0 Å². The summed E-state index contributed by atoms with van der Waals surface area (Å²) in [7, 11) is 0. The molecule has 19 heavy (non-hydrogen) atoms. The molecule has 0 fully saturated rings. The highest BCUT2D eigenvalue weighted by molar-refractivity contribution is 5.65. The van der Waals surface area contributed by atoms with Gasteiger partial charge < -0.3 is 5.32 Å². The second-order valence-corrected chi connectivity index (χ2v) is 4.26. The molecular formula is C14H15N3O2. The average molecular weight is 257 g/mol. The van der Waals surface area contributed by atoms with Crippen LogP contribution in [0, 0.1) is 17.0 Å². The fourth-order valence-electron chi connectivity index (χ4n) is 1.93. The second-order valence-electron chi connectivity index (χ2n) is 4.26. The number of aromatic nitrogens is 1. The van der Waals surface area contributed by atoms with E-state index in [9.17, 15) is 10.1 Å². The zero-order chi connectivity index (χ0) is 13.7. The maximum atomic E-state index is 11.0. The zero-order valence-corrected chi connectivity index (χ0v) is 10.7. The Morgan fingerprint density at radius 1 is 1.26 bits per heavy atom. The molecule has 1 heterocycles. The predicted octanol–water partition coefficient (Wildman–Crippen LogP) is 2.95. The van der Waals surface area contributed by atoms with E-state index < -0.39 is 0 Å². The van der Waals surface area contributed by atoms with Crippen molar-refractivity contribution in [2.75, 3.05) is 11.9 Å². The standard InChI is InChI=1S/C14H15N3O2/c1-11-3-2-4-13(14(11)17(18)19)16-10-7-12-5-8-15-9-6-12/h2-6,8-9,16H,7,10H2,1H3. The number of nitro benzene ring substituents is 1. The first-order valence-electron chi connectivity index (χ1n) is 6.05. The van der Waals surface area contributed by atoms with Gasteiger partial charge in [0.2, 0.25) is 0 Å². The molecule has 0 spiro atoms. The minimum absolute atomic E-state index is 0.150. The molecule has 0 atom stereocenters. The van der Waals surface area contributed by atoms with Crippen molar-refractivity contribution in [3.8, 4) is 0 Å². The fraction of sp³-hybridized carbons (Fsp3) is 0.214. The predicted molar refractivity (Wildman–Crippen MR) is 74.3 cm³/mol. The van der Waals surface area contributed by atoms with E-state index in [0.717, 1.165) is 12.0 Å². The molecule has 0 radical (unpaired) electrons. The van der Waals surface area contributed by atoms with Crippen LogP contribution in [0.5, 0.6) is 0 Å². The number of hydrogen-bond acceptors (Lipinski definition) is 4. The van der Waals surface area contributed by atoms with Crippen molar-refractivity contribution in [3.05, 3.63) is 64.0 Å². The van der Waals surface area contributed by atoms with E-state index in [1.54, 1.807) is 31.5 Å².